The highest BCUT2D eigenvalue weighted by atomic mass is 15.4. The maximum absolute atomic E-state index is 4.23. The summed E-state index contributed by atoms with van der Waals surface area (Å²) in [7, 11) is 0. The van der Waals surface area contributed by atoms with E-state index in [1.165, 1.54) is 5.56 Å². The zero-order valence-electron chi connectivity index (χ0n) is 7.39. The number of rotatable bonds is 1. The molecule has 0 bridgehead atoms. The van der Waals surface area contributed by atoms with Crippen LogP contribution < -0.4 is 10.9 Å². The average molecular weight is 165 g/mol. The van der Waals surface area contributed by atoms with Crippen LogP contribution >= 0.6 is 0 Å². The first-order valence-corrected chi connectivity index (χ1v) is 4.25. The van der Waals surface area contributed by atoms with Gasteiger partial charge in [0, 0.05) is 13.2 Å². The molecule has 0 spiro atoms. The molecule has 0 aromatic carbocycles. The average Bonchev–Trinajstić information content (AvgIpc) is 2.46. The third-order valence-corrected chi connectivity index (χ3v) is 2.57. The Balaban J connectivity index is 0.000000845. The van der Waals surface area contributed by atoms with Crippen LogP contribution in [0.5, 0.6) is 0 Å². The summed E-state index contributed by atoms with van der Waals surface area (Å²) in [4.78, 5) is 4.23. The number of hydrogen-bond donors (Lipinski definition) is 2. The van der Waals surface area contributed by atoms with Crippen molar-refractivity contribution in [3.8, 4) is 0 Å². The highest BCUT2D eigenvalue weighted by Gasteiger charge is 2.32. The molecular weight excluding hydrogens is 150 g/mol. The SMILES string of the molecule is CCC1(C)NNc2ncccc21.[HH]. The van der Waals surface area contributed by atoms with E-state index in [9.17, 15) is 0 Å². The molecule has 2 rings (SSSR count). The van der Waals surface area contributed by atoms with Crippen molar-refractivity contribution in [2.75, 3.05) is 5.43 Å². The molecule has 2 N–H and O–H groups in total. The monoisotopic (exact) mass is 165 g/mol. The molecule has 0 radical (unpaired) electrons. The number of pyridine rings is 1. The minimum atomic E-state index is 0. The van der Waals surface area contributed by atoms with Crippen LogP contribution in [0.1, 0.15) is 27.3 Å². The van der Waals surface area contributed by atoms with Gasteiger partial charge in [0.1, 0.15) is 5.82 Å². The van der Waals surface area contributed by atoms with Gasteiger partial charge in [-0.2, -0.15) is 0 Å². The van der Waals surface area contributed by atoms with Crippen molar-refractivity contribution >= 4 is 5.82 Å². The van der Waals surface area contributed by atoms with Gasteiger partial charge in [0.15, 0.2) is 0 Å². The Kier molecular flexibility index (Phi) is 1.54. The minimum absolute atomic E-state index is 0. The fourth-order valence-electron chi connectivity index (χ4n) is 1.49. The fraction of sp³-hybridized carbons (Fsp3) is 0.444. The molecule has 0 fully saturated rings. The molecule has 1 aliphatic heterocycles. The van der Waals surface area contributed by atoms with Crippen molar-refractivity contribution in [2.45, 2.75) is 25.8 Å². The van der Waals surface area contributed by atoms with Crippen LogP contribution in [0, 0.1) is 0 Å². The molecular formula is C9H15N3. The Morgan fingerprint density at radius 3 is 3.25 bits per heavy atom. The van der Waals surface area contributed by atoms with E-state index >= 15 is 0 Å². The molecule has 1 aromatic heterocycles. The number of hydrogen-bond acceptors (Lipinski definition) is 3. The summed E-state index contributed by atoms with van der Waals surface area (Å²) >= 11 is 0. The van der Waals surface area contributed by atoms with Crippen molar-refractivity contribution in [3.63, 3.8) is 0 Å². The molecule has 1 unspecified atom stereocenters. The lowest BCUT2D eigenvalue weighted by Gasteiger charge is -2.21. The first-order valence-electron chi connectivity index (χ1n) is 4.25. The summed E-state index contributed by atoms with van der Waals surface area (Å²) in [5.41, 5.74) is 7.62. The summed E-state index contributed by atoms with van der Waals surface area (Å²) in [5.74, 6) is 0.960. The zero-order chi connectivity index (χ0) is 8.60. The fourth-order valence-corrected chi connectivity index (χ4v) is 1.49. The molecule has 1 aromatic rings. The van der Waals surface area contributed by atoms with Crippen molar-refractivity contribution in [2.24, 2.45) is 0 Å². The van der Waals surface area contributed by atoms with Gasteiger partial charge in [0.25, 0.3) is 0 Å². The van der Waals surface area contributed by atoms with Crippen LogP contribution in [-0.2, 0) is 5.54 Å². The number of nitrogens with zero attached hydrogens (tertiary/aromatic N) is 1. The summed E-state index contributed by atoms with van der Waals surface area (Å²) < 4.78 is 0. The lowest BCUT2D eigenvalue weighted by molar-refractivity contribution is 0.408. The second-order valence-electron chi connectivity index (χ2n) is 3.34. The van der Waals surface area contributed by atoms with Gasteiger partial charge in [-0.3, -0.25) is 0 Å². The predicted octanol–water partition coefficient (Wildman–Crippen LogP) is 1.88. The Hall–Kier alpha value is -1.09. The molecule has 2 heterocycles. The van der Waals surface area contributed by atoms with E-state index in [0.29, 0.717) is 0 Å². The second kappa shape index (κ2) is 2.45. The molecule has 0 aliphatic carbocycles. The Bertz CT molecular complexity index is 303. The Morgan fingerprint density at radius 2 is 2.50 bits per heavy atom. The Labute approximate surface area is 73.7 Å². The van der Waals surface area contributed by atoms with Gasteiger partial charge in [-0.25, -0.2) is 10.4 Å². The highest BCUT2D eigenvalue weighted by molar-refractivity contribution is 5.51. The van der Waals surface area contributed by atoms with E-state index in [2.05, 4.69) is 35.7 Å². The summed E-state index contributed by atoms with van der Waals surface area (Å²) in [5, 5.41) is 0. The van der Waals surface area contributed by atoms with Gasteiger partial charge in [-0.1, -0.05) is 13.0 Å². The zero-order valence-corrected chi connectivity index (χ0v) is 7.39. The number of anilines is 1. The predicted molar refractivity (Wildman–Crippen MR) is 50.8 cm³/mol. The van der Waals surface area contributed by atoms with Gasteiger partial charge < -0.3 is 5.43 Å². The summed E-state index contributed by atoms with van der Waals surface area (Å²) in [6.07, 6.45) is 2.85. The van der Waals surface area contributed by atoms with E-state index in [1.54, 1.807) is 6.20 Å². The van der Waals surface area contributed by atoms with Crippen LogP contribution in [0.25, 0.3) is 0 Å². The van der Waals surface area contributed by atoms with Crippen molar-refractivity contribution in [3.05, 3.63) is 23.9 Å². The normalized spacial score (nSPS) is 26.5. The van der Waals surface area contributed by atoms with Crippen molar-refractivity contribution < 1.29 is 1.43 Å². The van der Waals surface area contributed by atoms with E-state index in [4.69, 9.17) is 0 Å². The van der Waals surface area contributed by atoms with Crippen LogP contribution in [0.4, 0.5) is 5.82 Å². The third-order valence-electron chi connectivity index (χ3n) is 2.57. The van der Waals surface area contributed by atoms with Crippen LogP contribution in [-0.4, -0.2) is 4.98 Å². The standard InChI is InChI=1S/C9H13N3.H2/c1-3-9(2)7-5-4-6-10-8(7)11-12-9;/h4-6,12H,3H2,1-2H3,(H,10,11);1H. The van der Waals surface area contributed by atoms with Gasteiger partial charge in [-0.05, 0) is 19.4 Å². The van der Waals surface area contributed by atoms with E-state index in [-0.39, 0.29) is 6.97 Å². The molecule has 66 valence electrons. The van der Waals surface area contributed by atoms with Crippen LogP contribution in [0.2, 0.25) is 0 Å². The summed E-state index contributed by atoms with van der Waals surface area (Å²) in [6.45, 7) is 4.34. The Morgan fingerprint density at radius 1 is 1.67 bits per heavy atom. The lowest BCUT2D eigenvalue weighted by Crippen LogP contribution is -2.35. The summed E-state index contributed by atoms with van der Waals surface area (Å²) in [6, 6.07) is 4.08. The first kappa shape index (κ1) is 7.55. The molecule has 1 atom stereocenters. The van der Waals surface area contributed by atoms with Gasteiger partial charge in [0.05, 0.1) is 5.54 Å². The smallest absolute Gasteiger partial charge is 0.145 e. The largest absolute Gasteiger partial charge is 0.305 e. The molecule has 3 nitrogen and oxygen atoms in total. The molecule has 12 heavy (non-hydrogen) atoms. The second-order valence-corrected chi connectivity index (χ2v) is 3.34. The first-order chi connectivity index (χ1) is 5.76. The van der Waals surface area contributed by atoms with Crippen molar-refractivity contribution in [1.29, 1.82) is 0 Å². The topological polar surface area (TPSA) is 37.0 Å². The number of hydrazine groups is 1. The van der Waals surface area contributed by atoms with Crippen LogP contribution in [0.15, 0.2) is 18.3 Å². The molecule has 0 saturated heterocycles. The quantitative estimate of drug-likeness (QED) is 0.667. The minimum Gasteiger partial charge on any atom is -0.305 e. The maximum Gasteiger partial charge on any atom is 0.145 e. The maximum atomic E-state index is 4.23. The van der Waals surface area contributed by atoms with Gasteiger partial charge in [0.2, 0.25) is 0 Å². The molecule has 0 saturated carbocycles. The van der Waals surface area contributed by atoms with Gasteiger partial charge >= 0.3 is 0 Å². The van der Waals surface area contributed by atoms with Crippen molar-refractivity contribution in [1.82, 2.24) is 10.4 Å². The lowest BCUT2D eigenvalue weighted by atomic mass is 9.92. The molecule has 3 heteroatoms. The third kappa shape index (κ3) is 0.898. The number of aromatic nitrogens is 1. The highest BCUT2D eigenvalue weighted by Crippen LogP contribution is 2.33. The van der Waals surface area contributed by atoms with E-state index < -0.39 is 0 Å². The molecule has 1 aliphatic rings. The number of fused-ring (bicyclic) bond motifs is 1. The van der Waals surface area contributed by atoms with E-state index in [1.807, 2.05) is 6.07 Å². The molecule has 0 amide bonds. The van der Waals surface area contributed by atoms with Gasteiger partial charge in [-0.15, -0.1) is 0 Å². The number of nitrogens with one attached hydrogen (secondary N) is 2. The van der Waals surface area contributed by atoms with Crippen LogP contribution in [0.3, 0.4) is 0 Å². The van der Waals surface area contributed by atoms with E-state index in [0.717, 1.165) is 12.2 Å².